The molecule has 1 aliphatic rings. The lowest BCUT2D eigenvalue weighted by Gasteiger charge is -2.41. The van der Waals surface area contributed by atoms with Crippen molar-refractivity contribution >= 4 is 11.8 Å². The molecule has 0 aromatic carbocycles. The normalized spacial score (nSPS) is 22.9. The predicted molar refractivity (Wildman–Crippen MR) is 76.8 cm³/mol. The number of piperidine rings is 1. The van der Waals surface area contributed by atoms with Crippen LogP contribution in [0.25, 0.3) is 0 Å². The molecular weight excluding hydrogens is 232 g/mol. The highest BCUT2D eigenvalue weighted by Gasteiger charge is 2.33. The summed E-state index contributed by atoms with van der Waals surface area (Å²) in [4.78, 5) is 4.61. The van der Waals surface area contributed by atoms with E-state index in [2.05, 4.69) is 23.6 Å². The van der Waals surface area contributed by atoms with Gasteiger partial charge in [0.05, 0.1) is 5.60 Å². The van der Waals surface area contributed by atoms with Crippen molar-refractivity contribution in [3.8, 4) is 0 Å². The molecular formula is C13H28N2OS. The van der Waals surface area contributed by atoms with E-state index in [1.165, 1.54) is 11.5 Å². The SMILES string of the molecule is CCSCC(C)N1CCC(O)(CN(C)C)CC1. The van der Waals surface area contributed by atoms with Crippen LogP contribution in [0.2, 0.25) is 0 Å². The maximum absolute atomic E-state index is 10.4. The van der Waals surface area contributed by atoms with Crippen LogP contribution in [0.3, 0.4) is 0 Å². The van der Waals surface area contributed by atoms with Crippen LogP contribution in [0.4, 0.5) is 0 Å². The standard InChI is InChI=1S/C13H28N2OS/c1-5-17-10-12(2)15-8-6-13(16,7-9-15)11-14(3)4/h12,16H,5-11H2,1-4H3. The Morgan fingerprint density at radius 3 is 2.41 bits per heavy atom. The van der Waals surface area contributed by atoms with E-state index >= 15 is 0 Å². The Hall–Kier alpha value is 0.230. The van der Waals surface area contributed by atoms with Crippen molar-refractivity contribution in [2.45, 2.75) is 38.3 Å². The number of likely N-dealkylation sites (N-methyl/N-ethyl adjacent to an activating group) is 1. The molecule has 102 valence electrons. The van der Waals surface area contributed by atoms with Gasteiger partial charge in [-0.15, -0.1) is 0 Å². The van der Waals surface area contributed by atoms with Gasteiger partial charge in [0.1, 0.15) is 0 Å². The van der Waals surface area contributed by atoms with Crippen LogP contribution in [0.1, 0.15) is 26.7 Å². The van der Waals surface area contributed by atoms with Crippen molar-refractivity contribution < 1.29 is 5.11 Å². The van der Waals surface area contributed by atoms with E-state index in [1.807, 2.05) is 25.9 Å². The summed E-state index contributed by atoms with van der Waals surface area (Å²) in [5, 5.41) is 10.4. The van der Waals surface area contributed by atoms with Gasteiger partial charge in [-0.05, 0) is 39.6 Å². The number of nitrogens with zero attached hydrogens (tertiary/aromatic N) is 2. The van der Waals surface area contributed by atoms with Crippen molar-refractivity contribution in [2.75, 3.05) is 45.2 Å². The summed E-state index contributed by atoms with van der Waals surface area (Å²) in [5.41, 5.74) is -0.461. The molecule has 0 aromatic heterocycles. The minimum Gasteiger partial charge on any atom is -0.388 e. The Balaban J connectivity index is 2.34. The van der Waals surface area contributed by atoms with Crippen molar-refractivity contribution in [3.63, 3.8) is 0 Å². The molecule has 0 saturated carbocycles. The molecule has 1 rings (SSSR count). The summed E-state index contributed by atoms with van der Waals surface area (Å²) in [6.45, 7) is 7.38. The summed E-state index contributed by atoms with van der Waals surface area (Å²) in [5.74, 6) is 2.41. The zero-order chi connectivity index (χ0) is 12.9. The molecule has 1 heterocycles. The highest BCUT2D eigenvalue weighted by Crippen LogP contribution is 2.24. The highest BCUT2D eigenvalue weighted by atomic mass is 32.2. The van der Waals surface area contributed by atoms with Gasteiger partial charge < -0.3 is 10.0 Å². The van der Waals surface area contributed by atoms with E-state index < -0.39 is 5.60 Å². The van der Waals surface area contributed by atoms with E-state index in [-0.39, 0.29) is 0 Å². The van der Waals surface area contributed by atoms with E-state index in [4.69, 9.17) is 0 Å². The molecule has 1 atom stereocenters. The van der Waals surface area contributed by atoms with Gasteiger partial charge in [-0.3, -0.25) is 4.90 Å². The van der Waals surface area contributed by atoms with Crippen molar-refractivity contribution in [1.29, 1.82) is 0 Å². The van der Waals surface area contributed by atoms with Crippen LogP contribution >= 0.6 is 11.8 Å². The third-order valence-electron chi connectivity index (χ3n) is 3.53. The van der Waals surface area contributed by atoms with Gasteiger partial charge in [0.2, 0.25) is 0 Å². The van der Waals surface area contributed by atoms with Gasteiger partial charge in [0, 0.05) is 31.4 Å². The molecule has 3 nitrogen and oxygen atoms in total. The van der Waals surface area contributed by atoms with Crippen molar-refractivity contribution in [2.24, 2.45) is 0 Å². The molecule has 0 aliphatic carbocycles. The van der Waals surface area contributed by atoms with E-state index in [9.17, 15) is 5.11 Å². The zero-order valence-electron chi connectivity index (χ0n) is 11.8. The quantitative estimate of drug-likeness (QED) is 0.783. The number of rotatable bonds is 6. The van der Waals surface area contributed by atoms with Crippen molar-refractivity contribution in [1.82, 2.24) is 9.80 Å². The summed E-state index contributed by atoms with van der Waals surface area (Å²) in [7, 11) is 4.07. The van der Waals surface area contributed by atoms with Crippen molar-refractivity contribution in [3.05, 3.63) is 0 Å². The summed E-state index contributed by atoms with van der Waals surface area (Å²) in [6.07, 6.45) is 1.82. The second kappa shape index (κ2) is 6.98. The number of likely N-dealkylation sites (tertiary alicyclic amines) is 1. The third kappa shape index (κ3) is 5.16. The Bertz CT molecular complexity index is 215. The molecule has 0 bridgehead atoms. The monoisotopic (exact) mass is 260 g/mol. The first-order valence-corrected chi connectivity index (χ1v) is 7.81. The van der Waals surface area contributed by atoms with Crippen LogP contribution in [0.5, 0.6) is 0 Å². The molecule has 1 unspecified atom stereocenters. The number of thioether (sulfide) groups is 1. The fourth-order valence-electron chi connectivity index (χ4n) is 2.52. The number of hydrogen-bond donors (Lipinski definition) is 1. The number of aliphatic hydroxyl groups is 1. The Morgan fingerprint density at radius 2 is 1.94 bits per heavy atom. The third-order valence-corrected chi connectivity index (χ3v) is 4.65. The molecule has 0 spiro atoms. The molecule has 17 heavy (non-hydrogen) atoms. The first-order chi connectivity index (χ1) is 7.97. The fourth-order valence-corrected chi connectivity index (χ4v) is 3.31. The van der Waals surface area contributed by atoms with Gasteiger partial charge >= 0.3 is 0 Å². The maximum atomic E-state index is 10.4. The van der Waals surface area contributed by atoms with Crippen LogP contribution in [0.15, 0.2) is 0 Å². The largest absolute Gasteiger partial charge is 0.388 e. The topological polar surface area (TPSA) is 26.7 Å². The van der Waals surface area contributed by atoms with Gasteiger partial charge in [-0.25, -0.2) is 0 Å². The van der Waals surface area contributed by atoms with Crippen LogP contribution in [-0.4, -0.2) is 71.8 Å². The lowest BCUT2D eigenvalue weighted by molar-refractivity contribution is -0.0423. The fraction of sp³-hybridized carbons (Fsp3) is 1.00. The van der Waals surface area contributed by atoms with Crippen LogP contribution < -0.4 is 0 Å². The molecule has 1 N–H and O–H groups in total. The average molecular weight is 260 g/mol. The molecule has 4 heteroatoms. The van der Waals surface area contributed by atoms with E-state index in [0.717, 1.165) is 32.5 Å². The molecule has 0 radical (unpaired) electrons. The minimum atomic E-state index is -0.461. The lowest BCUT2D eigenvalue weighted by atomic mass is 9.90. The molecule has 0 amide bonds. The zero-order valence-corrected chi connectivity index (χ0v) is 12.6. The smallest absolute Gasteiger partial charge is 0.0798 e. The Kier molecular flexibility index (Phi) is 6.27. The van der Waals surface area contributed by atoms with E-state index in [0.29, 0.717) is 6.04 Å². The number of hydrogen-bond acceptors (Lipinski definition) is 4. The van der Waals surface area contributed by atoms with Gasteiger partial charge in [0.25, 0.3) is 0 Å². The summed E-state index contributed by atoms with van der Waals surface area (Å²) >= 11 is 2.01. The van der Waals surface area contributed by atoms with Gasteiger partial charge in [-0.2, -0.15) is 11.8 Å². The van der Waals surface area contributed by atoms with Gasteiger partial charge in [-0.1, -0.05) is 6.92 Å². The van der Waals surface area contributed by atoms with Gasteiger partial charge in [0.15, 0.2) is 0 Å². The first kappa shape index (κ1) is 15.3. The Morgan fingerprint density at radius 1 is 1.35 bits per heavy atom. The lowest BCUT2D eigenvalue weighted by Crippen LogP contribution is -2.52. The van der Waals surface area contributed by atoms with E-state index in [1.54, 1.807) is 0 Å². The minimum absolute atomic E-state index is 0.461. The summed E-state index contributed by atoms with van der Waals surface area (Å²) < 4.78 is 0. The average Bonchev–Trinajstić information content (AvgIpc) is 2.25. The molecule has 0 aromatic rings. The molecule has 1 fully saturated rings. The van der Waals surface area contributed by atoms with Crippen LogP contribution in [-0.2, 0) is 0 Å². The predicted octanol–water partition coefficient (Wildman–Crippen LogP) is 1.52. The second-order valence-electron chi connectivity index (χ2n) is 5.51. The highest BCUT2D eigenvalue weighted by molar-refractivity contribution is 7.99. The summed E-state index contributed by atoms with van der Waals surface area (Å²) in [6, 6.07) is 0.642. The maximum Gasteiger partial charge on any atom is 0.0798 e. The first-order valence-electron chi connectivity index (χ1n) is 6.66. The molecule has 1 aliphatic heterocycles. The molecule has 1 saturated heterocycles. The second-order valence-corrected chi connectivity index (χ2v) is 6.83. The Labute approximate surface area is 111 Å². The van der Waals surface area contributed by atoms with Crippen LogP contribution in [0, 0.1) is 0 Å².